The molecule has 0 spiro atoms. The van der Waals surface area contributed by atoms with Crippen molar-refractivity contribution in [2.75, 3.05) is 0 Å². The van der Waals surface area contributed by atoms with E-state index in [9.17, 15) is 18.0 Å². The van der Waals surface area contributed by atoms with Gasteiger partial charge in [0.2, 0.25) is 0 Å². The summed E-state index contributed by atoms with van der Waals surface area (Å²) in [4.78, 5) is 11.6. The number of Topliss-reactive ketones (excluding diaryl/α,β-unsaturated/α-hetero) is 1. The molecule has 0 saturated heterocycles. The van der Waals surface area contributed by atoms with Crippen LogP contribution in [0.15, 0.2) is 24.3 Å². The fraction of sp³-hybridized carbons (Fsp3) is 0.500. The Labute approximate surface area is 105 Å². The monoisotopic (exact) mass is 258 g/mol. The molecule has 0 N–H and O–H groups in total. The lowest BCUT2D eigenvalue weighted by molar-refractivity contribution is -0.135. The van der Waals surface area contributed by atoms with Crippen molar-refractivity contribution >= 4 is 5.78 Å². The minimum Gasteiger partial charge on any atom is -0.294 e. The minimum absolute atomic E-state index is 0.0550. The van der Waals surface area contributed by atoms with Gasteiger partial charge in [0.05, 0.1) is 0 Å². The molecule has 0 radical (unpaired) electrons. The van der Waals surface area contributed by atoms with Crippen molar-refractivity contribution in [1.82, 2.24) is 0 Å². The van der Waals surface area contributed by atoms with Gasteiger partial charge in [0.25, 0.3) is 0 Å². The maximum absolute atomic E-state index is 11.9. The Kier molecular flexibility index (Phi) is 4.93. The highest BCUT2D eigenvalue weighted by Gasteiger charge is 2.26. The van der Waals surface area contributed by atoms with Gasteiger partial charge in [-0.3, -0.25) is 4.79 Å². The third-order valence-corrected chi connectivity index (χ3v) is 2.76. The average Bonchev–Trinajstić information content (AvgIpc) is 2.27. The molecule has 0 aliphatic carbocycles. The first-order chi connectivity index (χ1) is 8.29. The summed E-state index contributed by atoms with van der Waals surface area (Å²) in [7, 11) is 0. The van der Waals surface area contributed by atoms with Gasteiger partial charge in [-0.05, 0) is 17.9 Å². The second-order valence-corrected chi connectivity index (χ2v) is 4.67. The molecule has 1 aromatic carbocycles. The quantitative estimate of drug-likeness (QED) is 0.698. The van der Waals surface area contributed by atoms with Gasteiger partial charge in [-0.25, -0.2) is 0 Å². The number of ketones is 1. The highest BCUT2D eigenvalue weighted by atomic mass is 19.4. The van der Waals surface area contributed by atoms with Gasteiger partial charge in [0.15, 0.2) is 5.78 Å². The van der Waals surface area contributed by atoms with Crippen LogP contribution < -0.4 is 0 Å². The van der Waals surface area contributed by atoms with Crippen molar-refractivity contribution < 1.29 is 18.0 Å². The van der Waals surface area contributed by atoms with Crippen LogP contribution >= 0.6 is 0 Å². The molecule has 0 aliphatic rings. The summed E-state index contributed by atoms with van der Waals surface area (Å²) in [5.41, 5.74) is 1.60. The van der Waals surface area contributed by atoms with Gasteiger partial charge in [-0.2, -0.15) is 13.2 Å². The molecule has 4 heteroatoms. The van der Waals surface area contributed by atoms with E-state index in [0.717, 1.165) is 5.56 Å². The lowest BCUT2D eigenvalue weighted by Gasteiger charge is -2.07. The summed E-state index contributed by atoms with van der Waals surface area (Å²) in [6.45, 7) is 4.08. The van der Waals surface area contributed by atoms with E-state index in [-0.39, 0.29) is 18.6 Å². The van der Waals surface area contributed by atoms with Gasteiger partial charge in [-0.1, -0.05) is 38.1 Å². The first-order valence-electron chi connectivity index (χ1n) is 5.99. The topological polar surface area (TPSA) is 17.1 Å². The molecule has 0 unspecified atom stereocenters. The highest BCUT2D eigenvalue weighted by molar-refractivity contribution is 5.96. The van der Waals surface area contributed by atoms with Crippen molar-refractivity contribution in [3.05, 3.63) is 35.4 Å². The van der Waals surface area contributed by atoms with E-state index in [0.29, 0.717) is 11.5 Å². The molecular formula is C14H17F3O. The van der Waals surface area contributed by atoms with E-state index in [1.54, 1.807) is 12.1 Å². The maximum atomic E-state index is 11.9. The zero-order valence-electron chi connectivity index (χ0n) is 10.6. The number of halogens is 3. The lowest BCUT2D eigenvalue weighted by Crippen LogP contribution is -2.08. The number of carbonyl (C=O) groups excluding carboxylic acids is 1. The Bertz CT molecular complexity index is 390. The molecule has 0 atom stereocenters. The van der Waals surface area contributed by atoms with Crippen molar-refractivity contribution in [2.24, 2.45) is 0 Å². The van der Waals surface area contributed by atoms with Crippen LogP contribution in [-0.4, -0.2) is 12.0 Å². The highest BCUT2D eigenvalue weighted by Crippen LogP contribution is 2.23. The molecule has 0 saturated carbocycles. The molecule has 0 aromatic heterocycles. The normalized spacial score (nSPS) is 11.9. The molecule has 1 rings (SSSR count). The van der Waals surface area contributed by atoms with Crippen LogP contribution in [0.5, 0.6) is 0 Å². The van der Waals surface area contributed by atoms with Crippen molar-refractivity contribution in [2.45, 2.75) is 45.2 Å². The SMILES string of the molecule is CC(C)c1ccc(C(=O)CCCC(F)(F)F)cc1. The molecule has 0 amide bonds. The summed E-state index contributed by atoms with van der Waals surface area (Å²) in [5.74, 6) is 0.147. The molecule has 1 aromatic rings. The first kappa shape index (κ1) is 14.7. The predicted molar refractivity (Wildman–Crippen MR) is 64.8 cm³/mol. The summed E-state index contributed by atoms with van der Waals surface area (Å²) in [5, 5.41) is 0. The average molecular weight is 258 g/mol. The van der Waals surface area contributed by atoms with Crippen LogP contribution in [-0.2, 0) is 0 Å². The van der Waals surface area contributed by atoms with Crippen LogP contribution in [0.3, 0.4) is 0 Å². The standard InChI is InChI=1S/C14H17F3O/c1-10(2)11-5-7-12(8-6-11)13(18)4-3-9-14(15,16)17/h5-8,10H,3-4,9H2,1-2H3. The van der Waals surface area contributed by atoms with Gasteiger partial charge in [0, 0.05) is 18.4 Å². The Balaban J connectivity index is 2.52. The van der Waals surface area contributed by atoms with E-state index in [4.69, 9.17) is 0 Å². The number of hydrogen-bond donors (Lipinski definition) is 0. The van der Waals surface area contributed by atoms with E-state index in [2.05, 4.69) is 0 Å². The molecule has 100 valence electrons. The number of benzene rings is 1. The van der Waals surface area contributed by atoms with E-state index in [1.807, 2.05) is 26.0 Å². The largest absolute Gasteiger partial charge is 0.389 e. The van der Waals surface area contributed by atoms with Crippen LogP contribution in [0.4, 0.5) is 13.2 Å². The summed E-state index contributed by atoms with van der Waals surface area (Å²) >= 11 is 0. The molecule has 1 nitrogen and oxygen atoms in total. The molecule has 0 aliphatic heterocycles. The summed E-state index contributed by atoms with van der Waals surface area (Å²) in [6, 6.07) is 7.07. The Hall–Kier alpha value is -1.32. The molecular weight excluding hydrogens is 241 g/mol. The molecule has 0 bridgehead atoms. The first-order valence-corrected chi connectivity index (χ1v) is 5.99. The second kappa shape index (κ2) is 6.03. The van der Waals surface area contributed by atoms with Gasteiger partial charge >= 0.3 is 6.18 Å². The van der Waals surface area contributed by atoms with Crippen LogP contribution in [0.25, 0.3) is 0 Å². The number of carbonyl (C=O) groups is 1. The smallest absolute Gasteiger partial charge is 0.294 e. The van der Waals surface area contributed by atoms with E-state index in [1.165, 1.54) is 0 Å². The van der Waals surface area contributed by atoms with Crippen molar-refractivity contribution in [3.63, 3.8) is 0 Å². The van der Waals surface area contributed by atoms with Gasteiger partial charge in [0.1, 0.15) is 0 Å². The number of rotatable bonds is 5. The predicted octanol–water partition coefficient (Wildman–Crippen LogP) is 4.73. The van der Waals surface area contributed by atoms with E-state index >= 15 is 0 Å². The van der Waals surface area contributed by atoms with Crippen LogP contribution in [0, 0.1) is 0 Å². The zero-order chi connectivity index (χ0) is 13.8. The van der Waals surface area contributed by atoms with E-state index < -0.39 is 12.6 Å². The summed E-state index contributed by atoms with van der Waals surface area (Å²) < 4.78 is 35.8. The molecule has 0 heterocycles. The fourth-order valence-corrected chi connectivity index (χ4v) is 1.65. The Morgan fingerprint density at radius 2 is 1.72 bits per heavy atom. The zero-order valence-corrected chi connectivity index (χ0v) is 10.6. The second-order valence-electron chi connectivity index (χ2n) is 4.67. The van der Waals surface area contributed by atoms with Crippen molar-refractivity contribution in [3.8, 4) is 0 Å². The molecule has 0 fully saturated rings. The minimum atomic E-state index is -4.18. The Morgan fingerprint density at radius 3 is 2.17 bits per heavy atom. The number of hydrogen-bond acceptors (Lipinski definition) is 1. The number of alkyl halides is 3. The lowest BCUT2D eigenvalue weighted by atomic mass is 9.99. The molecule has 18 heavy (non-hydrogen) atoms. The van der Waals surface area contributed by atoms with Crippen LogP contribution in [0.2, 0.25) is 0 Å². The van der Waals surface area contributed by atoms with Crippen LogP contribution in [0.1, 0.15) is 54.9 Å². The van der Waals surface area contributed by atoms with Crippen molar-refractivity contribution in [1.29, 1.82) is 0 Å². The Morgan fingerprint density at radius 1 is 1.17 bits per heavy atom. The third kappa shape index (κ3) is 4.90. The third-order valence-electron chi connectivity index (χ3n) is 2.76. The van der Waals surface area contributed by atoms with Gasteiger partial charge < -0.3 is 0 Å². The summed E-state index contributed by atoms with van der Waals surface area (Å²) in [6.07, 6.45) is -5.28. The maximum Gasteiger partial charge on any atom is 0.389 e. The van der Waals surface area contributed by atoms with Gasteiger partial charge in [-0.15, -0.1) is 0 Å². The fourth-order valence-electron chi connectivity index (χ4n) is 1.65.